The minimum atomic E-state index is -1.00. The molecular weight excluding hydrogens is 410 g/mol. The smallest absolute Gasteiger partial charge is 0.336 e. The Bertz CT molecular complexity index is 1370. The van der Waals surface area contributed by atoms with E-state index >= 15 is 0 Å². The molecule has 1 heterocycles. The van der Waals surface area contributed by atoms with Gasteiger partial charge in [-0.2, -0.15) is 0 Å². The average Bonchev–Trinajstić information content (AvgIpc) is 2.82. The lowest BCUT2D eigenvalue weighted by atomic mass is 10.0. The number of rotatable bonds is 6. The predicted octanol–water partition coefficient (Wildman–Crippen LogP) is 3.47. The van der Waals surface area contributed by atoms with E-state index < -0.39 is 23.5 Å². The van der Waals surface area contributed by atoms with E-state index in [2.05, 4.69) is 5.32 Å². The van der Waals surface area contributed by atoms with Gasteiger partial charge in [0.1, 0.15) is 17.4 Å². The molecule has 0 saturated carbocycles. The van der Waals surface area contributed by atoms with Crippen LogP contribution < -0.4 is 15.7 Å². The summed E-state index contributed by atoms with van der Waals surface area (Å²) in [5, 5.41) is 5.08. The van der Waals surface area contributed by atoms with E-state index in [0.717, 1.165) is 10.8 Å². The SMILES string of the molecule is COC(=O)[C@@H](Cc1cc(=O)oc2cc(OC)ccc12)NC(=O)c1cccc2ccccc12. The molecule has 32 heavy (non-hydrogen) atoms. The fourth-order valence-corrected chi connectivity index (χ4v) is 3.72. The monoisotopic (exact) mass is 431 g/mol. The summed E-state index contributed by atoms with van der Waals surface area (Å²) in [5.74, 6) is -0.494. The lowest BCUT2D eigenvalue weighted by Gasteiger charge is -2.18. The van der Waals surface area contributed by atoms with Crippen molar-refractivity contribution in [2.75, 3.05) is 14.2 Å². The second kappa shape index (κ2) is 8.93. The van der Waals surface area contributed by atoms with Crippen LogP contribution >= 0.6 is 0 Å². The van der Waals surface area contributed by atoms with E-state index in [1.54, 1.807) is 30.3 Å². The first-order valence-corrected chi connectivity index (χ1v) is 9.97. The van der Waals surface area contributed by atoms with Gasteiger partial charge in [-0.1, -0.05) is 36.4 Å². The van der Waals surface area contributed by atoms with E-state index in [0.29, 0.717) is 27.8 Å². The number of nitrogens with one attached hydrogen (secondary N) is 1. The normalized spacial score (nSPS) is 11.8. The number of fused-ring (bicyclic) bond motifs is 2. The lowest BCUT2D eigenvalue weighted by Crippen LogP contribution is -2.43. The summed E-state index contributed by atoms with van der Waals surface area (Å²) in [7, 11) is 2.76. The number of amides is 1. The van der Waals surface area contributed by atoms with Crippen LogP contribution in [0.2, 0.25) is 0 Å². The van der Waals surface area contributed by atoms with E-state index in [-0.39, 0.29) is 6.42 Å². The molecule has 1 N–H and O–H groups in total. The fourth-order valence-electron chi connectivity index (χ4n) is 3.72. The quantitative estimate of drug-likeness (QED) is 0.371. The van der Waals surface area contributed by atoms with Crippen LogP contribution in [0.3, 0.4) is 0 Å². The van der Waals surface area contributed by atoms with Gasteiger partial charge in [0.05, 0.1) is 14.2 Å². The summed E-state index contributed by atoms with van der Waals surface area (Å²) in [6, 6.07) is 18.3. The van der Waals surface area contributed by atoms with Gasteiger partial charge in [-0.15, -0.1) is 0 Å². The zero-order valence-corrected chi connectivity index (χ0v) is 17.6. The Balaban J connectivity index is 1.69. The molecule has 0 bridgehead atoms. The summed E-state index contributed by atoms with van der Waals surface area (Å²) in [4.78, 5) is 37.7. The molecule has 7 nitrogen and oxygen atoms in total. The van der Waals surface area contributed by atoms with Crippen LogP contribution in [-0.4, -0.2) is 32.1 Å². The molecule has 0 aliphatic heterocycles. The highest BCUT2D eigenvalue weighted by atomic mass is 16.5. The minimum Gasteiger partial charge on any atom is -0.497 e. The predicted molar refractivity (Wildman–Crippen MR) is 120 cm³/mol. The molecule has 0 aliphatic carbocycles. The number of methoxy groups -OCH3 is 2. The summed E-state index contributed by atoms with van der Waals surface area (Å²) in [6.45, 7) is 0. The molecule has 4 rings (SSSR count). The Morgan fingerprint density at radius 2 is 1.75 bits per heavy atom. The molecule has 4 aromatic rings. The Morgan fingerprint density at radius 1 is 0.969 bits per heavy atom. The van der Waals surface area contributed by atoms with Crippen molar-refractivity contribution in [3.63, 3.8) is 0 Å². The first-order valence-electron chi connectivity index (χ1n) is 9.97. The van der Waals surface area contributed by atoms with Crippen molar-refractivity contribution in [1.29, 1.82) is 0 Å². The minimum absolute atomic E-state index is 0.0532. The summed E-state index contributed by atoms with van der Waals surface area (Å²) < 4.78 is 15.4. The zero-order valence-electron chi connectivity index (χ0n) is 17.6. The molecule has 0 spiro atoms. The highest BCUT2D eigenvalue weighted by molar-refractivity contribution is 6.08. The van der Waals surface area contributed by atoms with E-state index in [1.165, 1.54) is 20.3 Å². The number of ether oxygens (including phenoxy) is 2. The summed E-state index contributed by atoms with van der Waals surface area (Å²) >= 11 is 0. The van der Waals surface area contributed by atoms with Gasteiger partial charge in [0.25, 0.3) is 5.91 Å². The van der Waals surface area contributed by atoms with Crippen LogP contribution in [0.1, 0.15) is 15.9 Å². The van der Waals surface area contributed by atoms with Crippen LogP contribution in [0.4, 0.5) is 0 Å². The zero-order chi connectivity index (χ0) is 22.7. The number of hydrogen-bond acceptors (Lipinski definition) is 6. The Kier molecular flexibility index (Phi) is 5.89. The van der Waals surface area contributed by atoms with Gasteiger partial charge in [0, 0.05) is 29.5 Å². The molecular formula is C25H21NO6. The maximum Gasteiger partial charge on any atom is 0.336 e. The Labute approximate surface area is 183 Å². The average molecular weight is 431 g/mol. The largest absolute Gasteiger partial charge is 0.497 e. The third kappa shape index (κ3) is 4.18. The van der Waals surface area contributed by atoms with Gasteiger partial charge in [0.15, 0.2) is 0 Å². The van der Waals surface area contributed by atoms with E-state index in [4.69, 9.17) is 13.9 Å². The van der Waals surface area contributed by atoms with Crippen LogP contribution in [0.15, 0.2) is 75.9 Å². The second-order valence-electron chi connectivity index (χ2n) is 7.23. The molecule has 0 radical (unpaired) electrons. The standard InChI is InChI=1S/C25H21NO6/c1-30-17-10-11-19-16(13-23(27)32-22(19)14-17)12-21(25(29)31-2)26-24(28)20-9-5-7-15-6-3-4-8-18(15)20/h3-11,13-14,21H,12H2,1-2H3,(H,26,28)/t21-/m1/s1. The van der Waals surface area contributed by atoms with Crippen molar-refractivity contribution < 1.29 is 23.5 Å². The molecule has 7 heteroatoms. The topological polar surface area (TPSA) is 94.8 Å². The maximum absolute atomic E-state index is 13.1. The van der Waals surface area contributed by atoms with Crippen LogP contribution in [0.25, 0.3) is 21.7 Å². The Hall–Kier alpha value is -4.13. The number of carbonyl (C=O) groups excluding carboxylic acids is 2. The van der Waals surface area contributed by atoms with Gasteiger partial charge in [0.2, 0.25) is 0 Å². The van der Waals surface area contributed by atoms with Crippen LogP contribution in [-0.2, 0) is 16.0 Å². The fraction of sp³-hybridized carbons (Fsp3) is 0.160. The van der Waals surface area contributed by atoms with Crippen molar-refractivity contribution in [1.82, 2.24) is 5.32 Å². The first-order chi connectivity index (χ1) is 15.5. The van der Waals surface area contributed by atoms with Crippen molar-refractivity contribution in [2.45, 2.75) is 12.5 Å². The van der Waals surface area contributed by atoms with Crippen molar-refractivity contribution >= 4 is 33.6 Å². The lowest BCUT2D eigenvalue weighted by molar-refractivity contribution is -0.142. The molecule has 0 fully saturated rings. The third-order valence-corrected chi connectivity index (χ3v) is 5.29. The number of carbonyl (C=O) groups is 2. The molecule has 1 atom stereocenters. The third-order valence-electron chi connectivity index (χ3n) is 5.29. The van der Waals surface area contributed by atoms with Crippen molar-refractivity contribution in [3.05, 3.63) is 88.3 Å². The highest BCUT2D eigenvalue weighted by Crippen LogP contribution is 2.24. The first kappa shape index (κ1) is 21.1. The highest BCUT2D eigenvalue weighted by Gasteiger charge is 2.25. The molecule has 0 aliphatic rings. The molecule has 3 aromatic carbocycles. The maximum atomic E-state index is 13.1. The van der Waals surface area contributed by atoms with Crippen molar-refractivity contribution in [3.8, 4) is 5.75 Å². The number of esters is 1. The molecule has 1 amide bonds. The summed E-state index contributed by atoms with van der Waals surface area (Å²) in [6.07, 6.45) is 0.0532. The molecule has 1 aromatic heterocycles. The van der Waals surface area contributed by atoms with Crippen molar-refractivity contribution in [2.24, 2.45) is 0 Å². The van der Waals surface area contributed by atoms with E-state index in [9.17, 15) is 14.4 Å². The Morgan fingerprint density at radius 3 is 2.53 bits per heavy atom. The molecule has 0 saturated heterocycles. The van der Waals surface area contributed by atoms with Gasteiger partial charge in [-0.05, 0) is 34.5 Å². The molecule has 162 valence electrons. The van der Waals surface area contributed by atoms with Crippen LogP contribution in [0.5, 0.6) is 5.75 Å². The van der Waals surface area contributed by atoms with Gasteiger partial charge < -0.3 is 19.2 Å². The van der Waals surface area contributed by atoms with Gasteiger partial charge in [-0.25, -0.2) is 9.59 Å². The van der Waals surface area contributed by atoms with Gasteiger partial charge >= 0.3 is 11.6 Å². The molecule has 0 unspecified atom stereocenters. The van der Waals surface area contributed by atoms with Crippen LogP contribution in [0, 0.1) is 0 Å². The van der Waals surface area contributed by atoms with E-state index in [1.807, 2.05) is 30.3 Å². The number of benzene rings is 3. The van der Waals surface area contributed by atoms with Gasteiger partial charge in [-0.3, -0.25) is 4.79 Å². The second-order valence-corrected chi connectivity index (χ2v) is 7.23. The summed E-state index contributed by atoms with van der Waals surface area (Å²) in [5.41, 5.74) is 0.757. The number of hydrogen-bond donors (Lipinski definition) is 1.